The second-order valence-electron chi connectivity index (χ2n) is 5.56. The number of carbonyl (C=O) groups excluding carboxylic acids is 2. The molecule has 1 aromatic carbocycles. The number of carbonyl (C=O) groups is 2. The van der Waals surface area contributed by atoms with Crippen molar-refractivity contribution in [3.8, 4) is 17.2 Å². The number of methoxy groups -OCH3 is 1. The number of ether oxygens (including phenoxy) is 2. The zero-order valence-electron chi connectivity index (χ0n) is 12.6. The maximum Gasteiger partial charge on any atom is 0.306 e. The van der Waals surface area contributed by atoms with Gasteiger partial charge in [-0.2, -0.15) is 8.42 Å². The van der Waals surface area contributed by atoms with Crippen LogP contribution < -0.4 is 13.7 Å². The highest BCUT2D eigenvalue weighted by Gasteiger charge is 2.37. The Morgan fingerprint density at radius 3 is 2.50 bits per heavy atom. The minimum absolute atomic E-state index is 0.0494. The lowest BCUT2D eigenvalue weighted by molar-refractivity contribution is 0.0613. The van der Waals surface area contributed by atoms with Gasteiger partial charge in [-0.05, 0) is 13.8 Å². The van der Waals surface area contributed by atoms with E-state index in [9.17, 15) is 18.0 Å². The molecule has 0 radical (unpaired) electrons. The van der Waals surface area contributed by atoms with Crippen LogP contribution in [-0.4, -0.2) is 39.5 Å². The van der Waals surface area contributed by atoms with Crippen molar-refractivity contribution in [2.45, 2.75) is 25.9 Å². The van der Waals surface area contributed by atoms with Crippen molar-refractivity contribution in [3.05, 3.63) is 17.2 Å². The Bertz CT molecular complexity index is 747. The first kappa shape index (κ1) is 16.3. The van der Waals surface area contributed by atoms with Crippen molar-refractivity contribution in [2.75, 3.05) is 13.4 Å². The molecule has 0 atom stereocenters. The molecule has 0 saturated heterocycles. The third kappa shape index (κ3) is 3.06. The van der Waals surface area contributed by atoms with Crippen LogP contribution in [-0.2, 0) is 10.1 Å². The molecular formula is C14H16O7S. The highest BCUT2D eigenvalue weighted by Crippen LogP contribution is 2.44. The maximum atomic E-state index is 12.3. The van der Waals surface area contributed by atoms with E-state index in [2.05, 4.69) is 0 Å². The van der Waals surface area contributed by atoms with Gasteiger partial charge in [0.15, 0.2) is 17.8 Å². The number of rotatable bonds is 4. The summed E-state index contributed by atoms with van der Waals surface area (Å²) in [5.74, 6) is -0.412. The molecule has 8 heteroatoms. The van der Waals surface area contributed by atoms with E-state index in [1.165, 1.54) is 13.2 Å². The predicted molar refractivity (Wildman–Crippen MR) is 77.5 cm³/mol. The van der Waals surface area contributed by atoms with Gasteiger partial charge in [-0.3, -0.25) is 9.59 Å². The predicted octanol–water partition coefficient (Wildman–Crippen LogP) is 1.59. The SMILES string of the molecule is COc1c(C=O)c(OS(C)(=O)=O)cc2c1C(=O)CC(C)(C)O2. The third-order valence-corrected chi connectivity index (χ3v) is 3.54. The summed E-state index contributed by atoms with van der Waals surface area (Å²) in [6.45, 7) is 3.45. The fraction of sp³-hybridized carbons (Fsp3) is 0.429. The van der Waals surface area contributed by atoms with Crippen molar-refractivity contribution < 1.29 is 31.7 Å². The van der Waals surface area contributed by atoms with Gasteiger partial charge >= 0.3 is 10.1 Å². The van der Waals surface area contributed by atoms with Gasteiger partial charge in [0.25, 0.3) is 0 Å². The monoisotopic (exact) mass is 328 g/mol. The molecule has 2 rings (SSSR count). The number of benzene rings is 1. The van der Waals surface area contributed by atoms with Crippen molar-refractivity contribution in [1.29, 1.82) is 0 Å². The van der Waals surface area contributed by atoms with Crippen molar-refractivity contribution >= 4 is 22.2 Å². The molecular weight excluding hydrogens is 312 g/mol. The number of fused-ring (bicyclic) bond motifs is 1. The topological polar surface area (TPSA) is 96.0 Å². The fourth-order valence-electron chi connectivity index (χ4n) is 2.34. The summed E-state index contributed by atoms with van der Waals surface area (Å²) in [4.78, 5) is 23.6. The quantitative estimate of drug-likeness (QED) is 0.611. The van der Waals surface area contributed by atoms with Gasteiger partial charge in [0, 0.05) is 6.07 Å². The molecule has 22 heavy (non-hydrogen) atoms. The average Bonchev–Trinajstić information content (AvgIpc) is 2.33. The summed E-state index contributed by atoms with van der Waals surface area (Å²) >= 11 is 0. The van der Waals surface area contributed by atoms with Crippen LogP contribution in [0.1, 0.15) is 41.0 Å². The fourth-order valence-corrected chi connectivity index (χ4v) is 2.80. The van der Waals surface area contributed by atoms with E-state index in [1.54, 1.807) is 13.8 Å². The van der Waals surface area contributed by atoms with Gasteiger partial charge in [0.1, 0.15) is 28.2 Å². The Hall–Kier alpha value is -2.09. The minimum Gasteiger partial charge on any atom is -0.495 e. The van der Waals surface area contributed by atoms with E-state index in [-0.39, 0.29) is 40.6 Å². The van der Waals surface area contributed by atoms with Crippen molar-refractivity contribution in [3.63, 3.8) is 0 Å². The molecule has 7 nitrogen and oxygen atoms in total. The van der Waals surface area contributed by atoms with Crippen LogP contribution in [0.25, 0.3) is 0 Å². The normalized spacial score (nSPS) is 16.5. The van der Waals surface area contributed by atoms with Crippen molar-refractivity contribution in [2.24, 2.45) is 0 Å². The summed E-state index contributed by atoms with van der Waals surface area (Å²) in [6.07, 6.45) is 1.34. The van der Waals surface area contributed by atoms with Gasteiger partial charge in [-0.25, -0.2) is 0 Å². The van der Waals surface area contributed by atoms with Gasteiger partial charge in [-0.15, -0.1) is 0 Å². The molecule has 0 spiro atoms. The first-order chi connectivity index (χ1) is 10.1. The lowest BCUT2D eigenvalue weighted by atomic mass is 9.91. The average molecular weight is 328 g/mol. The maximum absolute atomic E-state index is 12.3. The standard InChI is InChI=1S/C14H16O7S/c1-14(2)6-9(16)12-11(20-14)5-10(21-22(4,17)18)8(7-15)13(12)19-3/h5,7H,6H2,1-4H3. The summed E-state index contributed by atoms with van der Waals surface area (Å²) in [7, 11) is -2.58. The van der Waals surface area contributed by atoms with E-state index in [4.69, 9.17) is 13.7 Å². The van der Waals surface area contributed by atoms with Crippen LogP contribution in [0.15, 0.2) is 6.07 Å². The summed E-state index contributed by atoms with van der Waals surface area (Å²) in [5, 5.41) is 0. The molecule has 0 bridgehead atoms. The molecule has 1 aliphatic rings. The van der Waals surface area contributed by atoms with Gasteiger partial charge in [0.2, 0.25) is 0 Å². The molecule has 0 saturated carbocycles. The first-order valence-electron chi connectivity index (χ1n) is 6.40. The first-order valence-corrected chi connectivity index (χ1v) is 8.21. The third-order valence-electron chi connectivity index (χ3n) is 3.06. The highest BCUT2D eigenvalue weighted by molar-refractivity contribution is 7.86. The van der Waals surface area contributed by atoms with Crippen LogP contribution in [0.4, 0.5) is 0 Å². The number of ketones is 1. The van der Waals surface area contributed by atoms with E-state index in [0.717, 1.165) is 6.26 Å². The molecule has 0 amide bonds. The second kappa shape index (κ2) is 5.28. The van der Waals surface area contributed by atoms with Crippen LogP contribution in [0.2, 0.25) is 0 Å². The van der Waals surface area contributed by atoms with E-state index < -0.39 is 15.7 Å². The smallest absolute Gasteiger partial charge is 0.306 e. The Kier molecular flexibility index (Phi) is 3.90. The second-order valence-corrected chi connectivity index (χ2v) is 7.14. The molecule has 0 N–H and O–H groups in total. The minimum atomic E-state index is -3.86. The Morgan fingerprint density at radius 1 is 1.36 bits per heavy atom. The molecule has 1 aromatic rings. The number of aldehydes is 1. The summed E-state index contributed by atoms with van der Waals surface area (Å²) in [6, 6.07) is 1.22. The summed E-state index contributed by atoms with van der Waals surface area (Å²) in [5.41, 5.74) is -0.784. The van der Waals surface area contributed by atoms with Crippen LogP contribution in [0.5, 0.6) is 17.2 Å². The zero-order chi connectivity index (χ0) is 16.7. The zero-order valence-corrected chi connectivity index (χ0v) is 13.4. The van der Waals surface area contributed by atoms with Gasteiger partial charge in [-0.1, -0.05) is 0 Å². The number of hydrogen-bond acceptors (Lipinski definition) is 7. The Labute approximate surface area is 128 Å². The van der Waals surface area contributed by atoms with E-state index in [0.29, 0.717) is 6.29 Å². The molecule has 0 aromatic heterocycles. The Morgan fingerprint density at radius 2 is 2.00 bits per heavy atom. The molecule has 0 fully saturated rings. The number of hydrogen-bond donors (Lipinski definition) is 0. The van der Waals surface area contributed by atoms with Gasteiger partial charge < -0.3 is 13.7 Å². The van der Waals surface area contributed by atoms with Crippen LogP contribution >= 0.6 is 0 Å². The highest BCUT2D eigenvalue weighted by atomic mass is 32.2. The molecule has 0 unspecified atom stereocenters. The lowest BCUT2D eigenvalue weighted by Crippen LogP contribution is -2.36. The largest absolute Gasteiger partial charge is 0.495 e. The van der Waals surface area contributed by atoms with Crippen LogP contribution in [0, 0.1) is 0 Å². The molecule has 1 aliphatic heterocycles. The van der Waals surface area contributed by atoms with Crippen LogP contribution in [0.3, 0.4) is 0 Å². The molecule has 120 valence electrons. The summed E-state index contributed by atoms with van der Waals surface area (Å²) < 4.78 is 38.3. The number of Topliss-reactive ketones (excluding diaryl/α,β-unsaturated/α-hetero) is 1. The lowest BCUT2D eigenvalue weighted by Gasteiger charge is -2.32. The van der Waals surface area contributed by atoms with E-state index >= 15 is 0 Å². The van der Waals surface area contributed by atoms with E-state index in [1.807, 2.05) is 0 Å². The Balaban J connectivity index is 2.74. The molecule has 0 aliphatic carbocycles. The molecule has 1 heterocycles. The van der Waals surface area contributed by atoms with Crippen molar-refractivity contribution in [1.82, 2.24) is 0 Å². The van der Waals surface area contributed by atoms with Gasteiger partial charge in [0.05, 0.1) is 19.8 Å².